The SMILES string of the molecule is CCOC([O-])CO.[K+]. The van der Waals surface area contributed by atoms with E-state index in [0.29, 0.717) is 6.61 Å². The molecule has 1 N–H and O–H groups in total. The first-order chi connectivity index (χ1) is 3.31. The summed E-state index contributed by atoms with van der Waals surface area (Å²) in [4.78, 5) is 0. The second kappa shape index (κ2) is 8.52. The molecule has 0 bridgehead atoms. The molecule has 8 heavy (non-hydrogen) atoms. The van der Waals surface area contributed by atoms with Crippen molar-refractivity contribution in [2.75, 3.05) is 13.2 Å². The summed E-state index contributed by atoms with van der Waals surface area (Å²) in [6.45, 7) is 1.64. The van der Waals surface area contributed by atoms with Crippen LogP contribution in [0.25, 0.3) is 0 Å². The molecule has 0 radical (unpaired) electrons. The molecule has 44 valence electrons. The predicted octanol–water partition coefficient (Wildman–Crippen LogP) is -4.29. The summed E-state index contributed by atoms with van der Waals surface area (Å²) in [7, 11) is 0. The molecule has 0 aromatic carbocycles. The monoisotopic (exact) mass is 144 g/mol. The Hall–Kier alpha value is 1.52. The van der Waals surface area contributed by atoms with Gasteiger partial charge in [0.1, 0.15) is 0 Å². The average molecular weight is 144 g/mol. The summed E-state index contributed by atoms with van der Waals surface area (Å²) >= 11 is 0. The van der Waals surface area contributed by atoms with Gasteiger partial charge in [-0.15, -0.1) is 0 Å². The van der Waals surface area contributed by atoms with Gasteiger partial charge in [0, 0.05) is 12.9 Å². The molecule has 0 fully saturated rings. The van der Waals surface area contributed by atoms with E-state index < -0.39 is 12.9 Å². The third-order valence-electron chi connectivity index (χ3n) is 0.502. The smallest absolute Gasteiger partial charge is 0.829 e. The van der Waals surface area contributed by atoms with E-state index in [0.717, 1.165) is 0 Å². The topological polar surface area (TPSA) is 52.5 Å². The van der Waals surface area contributed by atoms with Crippen molar-refractivity contribution in [2.24, 2.45) is 0 Å². The molecule has 0 saturated heterocycles. The van der Waals surface area contributed by atoms with E-state index in [1.807, 2.05) is 0 Å². The Morgan fingerprint density at radius 3 is 2.38 bits per heavy atom. The van der Waals surface area contributed by atoms with Gasteiger partial charge in [0.05, 0.1) is 6.61 Å². The van der Waals surface area contributed by atoms with E-state index in [1.54, 1.807) is 6.92 Å². The number of rotatable bonds is 3. The molecular weight excluding hydrogens is 135 g/mol. The maximum atomic E-state index is 10.0. The van der Waals surface area contributed by atoms with Crippen LogP contribution in [0.4, 0.5) is 0 Å². The van der Waals surface area contributed by atoms with Crippen molar-refractivity contribution < 1.29 is 66.3 Å². The largest absolute Gasteiger partial charge is 1.00 e. The van der Waals surface area contributed by atoms with Gasteiger partial charge in [-0.3, -0.25) is 0 Å². The minimum atomic E-state index is -1.25. The van der Waals surface area contributed by atoms with Crippen LogP contribution in [-0.2, 0) is 4.74 Å². The molecule has 0 amide bonds. The number of ether oxygens (including phenoxy) is 1. The van der Waals surface area contributed by atoms with Crippen LogP contribution in [0.3, 0.4) is 0 Å². The van der Waals surface area contributed by atoms with E-state index >= 15 is 0 Å². The summed E-state index contributed by atoms with van der Waals surface area (Å²) in [5.41, 5.74) is 0. The fraction of sp³-hybridized carbons (Fsp3) is 1.00. The van der Waals surface area contributed by atoms with Crippen LogP contribution in [0.15, 0.2) is 0 Å². The van der Waals surface area contributed by atoms with E-state index in [1.165, 1.54) is 0 Å². The van der Waals surface area contributed by atoms with E-state index in [2.05, 4.69) is 4.74 Å². The fourth-order valence-electron chi connectivity index (χ4n) is 0.239. The molecule has 0 rings (SSSR count). The van der Waals surface area contributed by atoms with Gasteiger partial charge < -0.3 is 14.9 Å². The van der Waals surface area contributed by atoms with E-state index in [4.69, 9.17) is 5.11 Å². The van der Waals surface area contributed by atoms with Gasteiger partial charge in [-0.25, -0.2) is 0 Å². The van der Waals surface area contributed by atoms with Crippen LogP contribution >= 0.6 is 0 Å². The van der Waals surface area contributed by atoms with Crippen LogP contribution in [0.2, 0.25) is 0 Å². The van der Waals surface area contributed by atoms with Crippen molar-refractivity contribution in [3.8, 4) is 0 Å². The summed E-state index contributed by atoms with van der Waals surface area (Å²) < 4.78 is 4.39. The van der Waals surface area contributed by atoms with Gasteiger partial charge in [0.2, 0.25) is 0 Å². The van der Waals surface area contributed by atoms with Crippen LogP contribution in [0.1, 0.15) is 6.92 Å². The minimum absolute atomic E-state index is 0. The van der Waals surface area contributed by atoms with Crippen LogP contribution < -0.4 is 56.5 Å². The minimum Gasteiger partial charge on any atom is -0.829 e. The molecule has 0 aromatic rings. The number of aliphatic hydroxyl groups is 1. The van der Waals surface area contributed by atoms with Gasteiger partial charge in [0.25, 0.3) is 0 Å². The first-order valence-corrected chi connectivity index (χ1v) is 2.19. The van der Waals surface area contributed by atoms with Crippen molar-refractivity contribution in [3.63, 3.8) is 0 Å². The maximum absolute atomic E-state index is 10.0. The summed E-state index contributed by atoms with van der Waals surface area (Å²) in [5.74, 6) is 0. The standard InChI is InChI=1S/C4H9O3.K/c1-2-7-4(6)3-5;/h4-5H,2-3H2,1H3;/q-1;+1. The van der Waals surface area contributed by atoms with Crippen LogP contribution in [0, 0.1) is 0 Å². The van der Waals surface area contributed by atoms with Gasteiger partial charge >= 0.3 is 51.4 Å². The van der Waals surface area contributed by atoms with Crippen molar-refractivity contribution in [1.82, 2.24) is 0 Å². The van der Waals surface area contributed by atoms with Gasteiger partial charge in [-0.05, 0) is 6.92 Å². The van der Waals surface area contributed by atoms with Gasteiger partial charge in [-0.1, -0.05) is 0 Å². The Kier molecular flexibility index (Phi) is 13.0. The van der Waals surface area contributed by atoms with Gasteiger partial charge in [-0.2, -0.15) is 0 Å². The molecule has 0 heterocycles. The molecule has 1 atom stereocenters. The third kappa shape index (κ3) is 7.52. The van der Waals surface area contributed by atoms with Crippen LogP contribution in [0.5, 0.6) is 0 Å². The normalized spacial score (nSPS) is 12.4. The Labute approximate surface area is 91.5 Å². The molecule has 0 aliphatic carbocycles. The predicted molar refractivity (Wildman–Crippen MR) is 22.5 cm³/mol. The Bertz CT molecular complexity index is 42.3. The average Bonchev–Trinajstić information content (AvgIpc) is 1.68. The second-order valence-corrected chi connectivity index (χ2v) is 1.07. The molecular formula is C4H9KO3. The van der Waals surface area contributed by atoms with Crippen molar-refractivity contribution in [2.45, 2.75) is 13.2 Å². The molecule has 0 aliphatic rings. The molecule has 0 aromatic heterocycles. The zero-order valence-corrected chi connectivity index (χ0v) is 8.38. The first-order valence-electron chi connectivity index (χ1n) is 2.19. The Morgan fingerprint density at radius 2 is 2.25 bits per heavy atom. The number of hydrogen-bond donors (Lipinski definition) is 1. The van der Waals surface area contributed by atoms with E-state index in [9.17, 15) is 5.11 Å². The Morgan fingerprint density at radius 1 is 1.75 bits per heavy atom. The number of aliphatic hydroxyl groups excluding tert-OH is 1. The molecule has 3 nitrogen and oxygen atoms in total. The molecule has 0 aliphatic heterocycles. The van der Waals surface area contributed by atoms with Crippen molar-refractivity contribution >= 4 is 0 Å². The van der Waals surface area contributed by atoms with Gasteiger partial charge in [0.15, 0.2) is 0 Å². The van der Waals surface area contributed by atoms with Crippen LogP contribution in [-0.4, -0.2) is 24.6 Å². The maximum Gasteiger partial charge on any atom is 1.00 e. The van der Waals surface area contributed by atoms with Crippen molar-refractivity contribution in [1.29, 1.82) is 0 Å². The zero-order valence-electron chi connectivity index (χ0n) is 5.26. The molecule has 0 saturated carbocycles. The second-order valence-electron chi connectivity index (χ2n) is 1.07. The summed E-state index contributed by atoms with van der Waals surface area (Å²) in [6, 6.07) is 0. The Balaban J connectivity index is 0. The fourth-order valence-corrected chi connectivity index (χ4v) is 0.239. The van der Waals surface area contributed by atoms with Crippen molar-refractivity contribution in [3.05, 3.63) is 0 Å². The summed E-state index contributed by atoms with van der Waals surface area (Å²) in [5, 5.41) is 18.1. The third-order valence-corrected chi connectivity index (χ3v) is 0.502. The molecule has 1 unspecified atom stereocenters. The summed E-state index contributed by atoms with van der Waals surface area (Å²) in [6.07, 6.45) is -1.25. The molecule has 0 spiro atoms. The zero-order chi connectivity index (χ0) is 5.70. The van der Waals surface area contributed by atoms with E-state index in [-0.39, 0.29) is 51.4 Å². The first kappa shape index (κ1) is 12.2. The number of hydrogen-bond acceptors (Lipinski definition) is 3. The quantitative estimate of drug-likeness (QED) is 0.322. The molecule has 4 heteroatoms.